The molecule has 8 heteroatoms. The molecule has 5 rings (SSSR count). The molecule has 1 unspecified atom stereocenters. The number of rotatable bonds is 13. The van der Waals surface area contributed by atoms with Crippen LogP contribution >= 0.6 is 24.4 Å². The Morgan fingerprint density at radius 1 is 0.791 bits per heavy atom. The molecule has 0 fully saturated rings. The largest absolute Gasteiger partial charge is 0.493 e. The lowest BCUT2D eigenvalue weighted by atomic mass is 9.90. The minimum Gasteiger partial charge on any atom is -0.493 e. The zero-order chi connectivity index (χ0) is 29.3. The first-order valence-electron chi connectivity index (χ1n) is 14.4. The van der Waals surface area contributed by atoms with Gasteiger partial charge in [-0.25, -0.2) is 4.31 Å². The number of carbonyl (C=O) groups is 1. The van der Waals surface area contributed by atoms with E-state index in [0.717, 1.165) is 71.3 Å². The van der Waals surface area contributed by atoms with E-state index in [1.165, 1.54) is 17.5 Å². The van der Waals surface area contributed by atoms with Crippen molar-refractivity contribution in [1.29, 1.82) is 0 Å². The maximum atomic E-state index is 14.0. The number of halogens is 1. The van der Waals surface area contributed by atoms with Gasteiger partial charge in [0, 0.05) is 11.4 Å². The lowest BCUT2D eigenvalue weighted by molar-refractivity contribution is -0.118. The molecule has 0 N–H and O–H groups in total. The van der Waals surface area contributed by atoms with E-state index in [9.17, 15) is 4.79 Å². The van der Waals surface area contributed by atoms with Gasteiger partial charge in [0.15, 0.2) is 11.5 Å². The van der Waals surface area contributed by atoms with Gasteiger partial charge in [0.25, 0.3) is 0 Å². The van der Waals surface area contributed by atoms with Gasteiger partial charge in [0.1, 0.15) is 5.75 Å². The number of amides is 1. The SMILES string of the molecule is COc1ccc(CCN(C)CCCCOc2ccccc2N2Sc3ccccc3C(c3ccccc3)C2=O)cc1OC.Cl. The Morgan fingerprint density at radius 3 is 2.30 bits per heavy atom. The van der Waals surface area contributed by atoms with E-state index >= 15 is 0 Å². The van der Waals surface area contributed by atoms with Crippen LogP contribution in [0.1, 0.15) is 35.4 Å². The molecular weight excluding hydrogens is 580 g/mol. The molecule has 1 aliphatic rings. The summed E-state index contributed by atoms with van der Waals surface area (Å²) in [6.45, 7) is 2.53. The fraction of sp³-hybridized carbons (Fsp3) is 0.286. The fourth-order valence-electron chi connectivity index (χ4n) is 5.21. The Balaban J connectivity index is 0.00000423. The fourth-order valence-corrected chi connectivity index (χ4v) is 6.28. The summed E-state index contributed by atoms with van der Waals surface area (Å²) in [6.07, 6.45) is 2.88. The average molecular weight is 619 g/mol. The van der Waals surface area contributed by atoms with Crippen molar-refractivity contribution in [3.8, 4) is 17.2 Å². The van der Waals surface area contributed by atoms with Crippen molar-refractivity contribution >= 4 is 35.9 Å². The predicted octanol–water partition coefficient (Wildman–Crippen LogP) is 7.64. The molecule has 0 spiro atoms. The molecule has 0 radical (unpaired) electrons. The van der Waals surface area contributed by atoms with Gasteiger partial charge in [0.2, 0.25) is 5.91 Å². The number of para-hydroxylation sites is 2. The van der Waals surface area contributed by atoms with Crippen LogP contribution in [0.5, 0.6) is 17.2 Å². The van der Waals surface area contributed by atoms with E-state index in [4.69, 9.17) is 14.2 Å². The number of methoxy groups -OCH3 is 2. The van der Waals surface area contributed by atoms with E-state index in [-0.39, 0.29) is 24.2 Å². The minimum absolute atomic E-state index is 0. The molecule has 226 valence electrons. The third kappa shape index (κ3) is 7.85. The number of hydrogen-bond donors (Lipinski definition) is 0. The van der Waals surface area contributed by atoms with Crippen LogP contribution in [-0.2, 0) is 11.2 Å². The van der Waals surface area contributed by atoms with E-state index in [1.54, 1.807) is 18.5 Å². The molecule has 6 nitrogen and oxygen atoms in total. The van der Waals surface area contributed by atoms with Crippen LogP contribution in [0.3, 0.4) is 0 Å². The van der Waals surface area contributed by atoms with Gasteiger partial charge in [-0.15, -0.1) is 12.4 Å². The molecule has 1 heterocycles. The highest BCUT2D eigenvalue weighted by atomic mass is 35.5. The van der Waals surface area contributed by atoms with Gasteiger partial charge in [-0.1, -0.05) is 66.7 Å². The summed E-state index contributed by atoms with van der Waals surface area (Å²) in [5.41, 5.74) is 4.05. The molecule has 43 heavy (non-hydrogen) atoms. The van der Waals surface area contributed by atoms with Crippen molar-refractivity contribution in [3.63, 3.8) is 0 Å². The van der Waals surface area contributed by atoms with Gasteiger partial charge < -0.3 is 19.1 Å². The summed E-state index contributed by atoms with van der Waals surface area (Å²) in [7, 11) is 5.47. The second kappa shape index (κ2) is 15.7. The maximum absolute atomic E-state index is 14.0. The molecule has 4 aromatic rings. The second-order valence-electron chi connectivity index (χ2n) is 10.4. The highest BCUT2D eigenvalue weighted by molar-refractivity contribution is 8.01. The maximum Gasteiger partial charge on any atom is 0.249 e. The molecule has 1 aliphatic heterocycles. The van der Waals surface area contributed by atoms with Crippen LogP contribution in [0.2, 0.25) is 0 Å². The summed E-state index contributed by atoms with van der Waals surface area (Å²) in [5, 5.41) is 0. The highest BCUT2D eigenvalue weighted by Crippen LogP contribution is 2.46. The lowest BCUT2D eigenvalue weighted by Gasteiger charge is -2.33. The molecule has 0 saturated heterocycles. The predicted molar refractivity (Wildman–Crippen MR) is 177 cm³/mol. The first kappa shape index (κ1) is 32.3. The van der Waals surface area contributed by atoms with E-state index in [1.807, 2.05) is 78.9 Å². The number of hydrogen-bond acceptors (Lipinski definition) is 6. The van der Waals surface area contributed by atoms with Crippen LogP contribution in [-0.4, -0.2) is 51.8 Å². The van der Waals surface area contributed by atoms with Crippen molar-refractivity contribution in [3.05, 3.63) is 114 Å². The summed E-state index contributed by atoms with van der Waals surface area (Å²) in [5.74, 6) is 1.93. The van der Waals surface area contributed by atoms with Crippen molar-refractivity contribution < 1.29 is 19.0 Å². The number of carbonyl (C=O) groups excluding carboxylic acids is 1. The molecule has 0 saturated carbocycles. The number of ether oxygens (including phenoxy) is 3. The van der Waals surface area contributed by atoms with Crippen molar-refractivity contribution in [1.82, 2.24) is 4.90 Å². The summed E-state index contributed by atoms with van der Waals surface area (Å²) in [4.78, 5) is 17.4. The smallest absolute Gasteiger partial charge is 0.249 e. The molecule has 1 amide bonds. The Hall–Kier alpha value is -3.65. The van der Waals surface area contributed by atoms with Crippen LogP contribution in [0.25, 0.3) is 0 Å². The van der Waals surface area contributed by atoms with Crippen LogP contribution in [0.15, 0.2) is 102 Å². The second-order valence-corrected chi connectivity index (χ2v) is 11.4. The van der Waals surface area contributed by atoms with Crippen LogP contribution in [0, 0.1) is 0 Å². The van der Waals surface area contributed by atoms with Crippen LogP contribution < -0.4 is 18.5 Å². The monoisotopic (exact) mass is 618 g/mol. The third-order valence-electron chi connectivity index (χ3n) is 7.51. The van der Waals surface area contributed by atoms with Gasteiger partial charge in [-0.3, -0.25) is 4.79 Å². The third-order valence-corrected chi connectivity index (χ3v) is 8.63. The average Bonchev–Trinajstić information content (AvgIpc) is 3.03. The number of likely N-dealkylation sites (N-methyl/N-ethyl adjacent to an activating group) is 1. The summed E-state index contributed by atoms with van der Waals surface area (Å²) < 4.78 is 18.8. The van der Waals surface area contributed by atoms with Crippen molar-refractivity contribution in [2.45, 2.75) is 30.1 Å². The van der Waals surface area contributed by atoms with Crippen LogP contribution in [0.4, 0.5) is 5.69 Å². The number of unbranched alkanes of at least 4 members (excludes halogenated alkanes) is 1. The molecule has 4 aromatic carbocycles. The Morgan fingerprint density at radius 2 is 1.51 bits per heavy atom. The molecule has 0 aromatic heterocycles. The van der Waals surface area contributed by atoms with Gasteiger partial charge >= 0.3 is 0 Å². The van der Waals surface area contributed by atoms with Gasteiger partial charge in [-0.2, -0.15) is 0 Å². The van der Waals surface area contributed by atoms with E-state index < -0.39 is 0 Å². The Bertz CT molecular complexity index is 1490. The first-order chi connectivity index (χ1) is 20.6. The number of nitrogens with zero attached hydrogens (tertiary/aromatic N) is 2. The first-order valence-corrected chi connectivity index (χ1v) is 15.1. The zero-order valence-electron chi connectivity index (χ0n) is 24.9. The highest BCUT2D eigenvalue weighted by Gasteiger charge is 2.36. The zero-order valence-corrected chi connectivity index (χ0v) is 26.5. The molecule has 0 bridgehead atoms. The summed E-state index contributed by atoms with van der Waals surface area (Å²) >= 11 is 1.47. The standard InChI is InChI=1S/C35H38N2O4S.ClH/c1-36(23-21-26-19-20-31(39-2)32(25-26)40-3)22-11-12-24-41-30-17-9-8-16-29(30)37-35(38)34(27-13-5-4-6-14-27)28-15-7-10-18-33(28)42-37;/h4-10,13-20,25,34H,11-12,21-24H2,1-3H3;1H. The molecular formula is C35H39ClN2O4S. The van der Waals surface area contributed by atoms with Crippen molar-refractivity contribution in [2.75, 3.05) is 45.3 Å². The van der Waals surface area contributed by atoms with Gasteiger partial charge in [0.05, 0.1) is 32.4 Å². The lowest BCUT2D eigenvalue weighted by Crippen LogP contribution is -2.34. The number of anilines is 1. The quantitative estimate of drug-likeness (QED) is 0.113. The topological polar surface area (TPSA) is 51.2 Å². The molecule has 0 aliphatic carbocycles. The summed E-state index contributed by atoms with van der Waals surface area (Å²) in [6, 6.07) is 32.1. The van der Waals surface area contributed by atoms with E-state index in [2.05, 4.69) is 30.1 Å². The minimum atomic E-state index is -0.355. The number of benzene rings is 4. The molecule has 1 atom stereocenters. The Kier molecular flexibility index (Phi) is 11.8. The number of fused-ring (bicyclic) bond motifs is 1. The normalized spacial score (nSPS) is 14.2. The van der Waals surface area contributed by atoms with Crippen molar-refractivity contribution in [2.24, 2.45) is 0 Å². The van der Waals surface area contributed by atoms with E-state index in [0.29, 0.717) is 6.61 Å². The Labute approximate surface area is 265 Å². The van der Waals surface area contributed by atoms with Gasteiger partial charge in [-0.05, 0) is 91.8 Å².